The molecule has 0 N–H and O–H groups in total. The molecule has 1 saturated heterocycles. The number of benzene rings is 1. The fraction of sp³-hybridized carbons (Fsp3) is 0.588. The lowest BCUT2D eigenvalue weighted by molar-refractivity contribution is -0.116. The molecule has 9 heteroatoms. The Hall–Kier alpha value is -1.45. The molecule has 2 aliphatic heterocycles. The number of nitrogens with zero attached hydrogens (tertiary/aromatic N) is 2. The minimum atomic E-state index is -3.80. The second-order valence-corrected chi connectivity index (χ2v) is 11.1. The van der Waals surface area contributed by atoms with Crippen molar-refractivity contribution >= 4 is 31.5 Å². The molecule has 3 rings (SSSR count). The Kier molecular flexibility index (Phi) is 4.91. The van der Waals surface area contributed by atoms with Gasteiger partial charge in [-0.25, -0.2) is 16.8 Å². The van der Waals surface area contributed by atoms with E-state index in [2.05, 4.69) is 0 Å². The summed E-state index contributed by atoms with van der Waals surface area (Å²) < 4.78 is 51.0. The van der Waals surface area contributed by atoms with Gasteiger partial charge in [0.1, 0.15) is 0 Å². The molecule has 2 heterocycles. The van der Waals surface area contributed by atoms with Gasteiger partial charge in [-0.05, 0) is 43.5 Å². The van der Waals surface area contributed by atoms with Gasteiger partial charge in [-0.1, -0.05) is 6.92 Å². The quantitative estimate of drug-likeness (QED) is 0.757. The lowest BCUT2D eigenvalue weighted by atomic mass is 10.1. The van der Waals surface area contributed by atoms with Crippen molar-refractivity contribution in [3.63, 3.8) is 0 Å². The minimum absolute atomic E-state index is 0.0114. The third kappa shape index (κ3) is 3.27. The molecular formula is C17H24N2O5S2. The first-order valence-electron chi connectivity index (χ1n) is 8.72. The van der Waals surface area contributed by atoms with Crippen LogP contribution in [-0.4, -0.2) is 57.2 Å². The summed E-state index contributed by atoms with van der Waals surface area (Å²) in [5.41, 5.74) is 1.57. The maximum atomic E-state index is 13.1. The minimum Gasteiger partial charge on any atom is -0.309 e. The van der Waals surface area contributed by atoms with Crippen LogP contribution in [0.25, 0.3) is 0 Å². The summed E-state index contributed by atoms with van der Waals surface area (Å²) in [4.78, 5) is 13.7. The molecule has 2 atom stereocenters. The SMILES string of the molecule is CCN([C@@H]1CCS(=O)(=O)C1)S(=O)(=O)c1ccc2c(c1)C[C@@H](C)N2C(C)=O. The number of sulfonamides is 1. The van der Waals surface area contributed by atoms with E-state index in [1.54, 1.807) is 24.0 Å². The van der Waals surface area contributed by atoms with Crippen LogP contribution in [0.3, 0.4) is 0 Å². The van der Waals surface area contributed by atoms with Crippen molar-refractivity contribution in [2.45, 2.75) is 50.6 Å². The summed E-state index contributed by atoms with van der Waals surface area (Å²) in [5.74, 6) is -0.169. The van der Waals surface area contributed by atoms with Gasteiger partial charge in [-0.15, -0.1) is 0 Å². The molecule has 1 aromatic carbocycles. The van der Waals surface area contributed by atoms with Gasteiger partial charge in [0.15, 0.2) is 9.84 Å². The van der Waals surface area contributed by atoms with E-state index in [1.807, 2.05) is 6.92 Å². The van der Waals surface area contributed by atoms with Gasteiger partial charge in [0, 0.05) is 31.2 Å². The van der Waals surface area contributed by atoms with Gasteiger partial charge in [0.05, 0.1) is 16.4 Å². The maximum Gasteiger partial charge on any atom is 0.243 e. The molecule has 1 amide bonds. The highest BCUT2D eigenvalue weighted by atomic mass is 32.2. The van der Waals surface area contributed by atoms with E-state index in [0.717, 1.165) is 11.3 Å². The average molecular weight is 401 g/mol. The average Bonchev–Trinajstić information content (AvgIpc) is 3.05. The number of sulfone groups is 1. The normalized spacial score (nSPS) is 24.8. The van der Waals surface area contributed by atoms with Crippen molar-refractivity contribution < 1.29 is 21.6 Å². The predicted molar refractivity (Wildman–Crippen MR) is 99.4 cm³/mol. The number of anilines is 1. The van der Waals surface area contributed by atoms with Gasteiger partial charge in [0.2, 0.25) is 15.9 Å². The fourth-order valence-electron chi connectivity index (χ4n) is 4.01. The third-order valence-electron chi connectivity index (χ3n) is 5.14. The summed E-state index contributed by atoms with van der Waals surface area (Å²) in [5, 5.41) is 0. The molecule has 0 spiro atoms. The molecule has 1 fully saturated rings. The van der Waals surface area contributed by atoms with Gasteiger partial charge in [-0.3, -0.25) is 4.79 Å². The summed E-state index contributed by atoms with van der Waals surface area (Å²) in [6.07, 6.45) is 0.928. The Balaban J connectivity index is 1.96. The van der Waals surface area contributed by atoms with Gasteiger partial charge >= 0.3 is 0 Å². The summed E-state index contributed by atoms with van der Waals surface area (Å²) >= 11 is 0. The molecule has 144 valence electrons. The summed E-state index contributed by atoms with van der Waals surface area (Å²) in [7, 11) is -6.97. The van der Waals surface area contributed by atoms with E-state index in [1.165, 1.54) is 17.3 Å². The number of rotatable bonds is 4. The molecule has 0 aromatic heterocycles. The van der Waals surface area contributed by atoms with E-state index in [9.17, 15) is 21.6 Å². The van der Waals surface area contributed by atoms with Crippen molar-refractivity contribution in [1.82, 2.24) is 4.31 Å². The van der Waals surface area contributed by atoms with Crippen LogP contribution in [0.5, 0.6) is 0 Å². The summed E-state index contributed by atoms with van der Waals surface area (Å²) in [6, 6.07) is 4.27. The number of hydrogen-bond acceptors (Lipinski definition) is 5. The van der Waals surface area contributed by atoms with Crippen LogP contribution in [0, 0.1) is 0 Å². The van der Waals surface area contributed by atoms with E-state index >= 15 is 0 Å². The highest BCUT2D eigenvalue weighted by Crippen LogP contribution is 2.35. The first-order valence-corrected chi connectivity index (χ1v) is 12.0. The van der Waals surface area contributed by atoms with Crippen molar-refractivity contribution in [2.24, 2.45) is 0 Å². The van der Waals surface area contributed by atoms with E-state index < -0.39 is 25.9 Å². The third-order valence-corrected chi connectivity index (χ3v) is 8.91. The number of amides is 1. The largest absolute Gasteiger partial charge is 0.309 e. The molecule has 0 bridgehead atoms. The first-order chi connectivity index (χ1) is 12.1. The number of carbonyl (C=O) groups is 1. The molecule has 0 saturated carbocycles. The first kappa shape index (κ1) is 19.3. The maximum absolute atomic E-state index is 13.1. The lowest BCUT2D eigenvalue weighted by Gasteiger charge is -2.26. The van der Waals surface area contributed by atoms with Crippen molar-refractivity contribution in [2.75, 3.05) is 23.0 Å². The zero-order valence-electron chi connectivity index (χ0n) is 15.2. The van der Waals surface area contributed by atoms with Crippen LogP contribution in [-0.2, 0) is 31.1 Å². The second kappa shape index (κ2) is 6.61. The van der Waals surface area contributed by atoms with Crippen LogP contribution in [0.4, 0.5) is 5.69 Å². The smallest absolute Gasteiger partial charge is 0.243 e. The molecule has 2 aliphatic rings. The topological polar surface area (TPSA) is 91.8 Å². The Labute approximate surface area is 155 Å². The molecule has 1 aromatic rings. The standard InChI is InChI=1S/C17H24N2O5S2/c1-4-18(15-7-8-25(21,22)11-15)26(23,24)16-5-6-17-14(10-16)9-12(2)19(17)13(3)20/h5-6,10,12,15H,4,7-9,11H2,1-3H3/t12-,15-/m1/s1. The van der Waals surface area contributed by atoms with E-state index in [0.29, 0.717) is 12.8 Å². The molecular weight excluding hydrogens is 376 g/mol. The van der Waals surface area contributed by atoms with Crippen LogP contribution >= 0.6 is 0 Å². The Bertz CT molecular complexity index is 940. The van der Waals surface area contributed by atoms with Crippen LogP contribution in [0.1, 0.15) is 32.8 Å². The van der Waals surface area contributed by atoms with Crippen LogP contribution in [0.2, 0.25) is 0 Å². The number of hydrogen-bond donors (Lipinski definition) is 0. The van der Waals surface area contributed by atoms with Gasteiger partial charge in [-0.2, -0.15) is 4.31 Å². The monoisotopic (exact) mass is 400 g/mol. The zero-order chi connectivity index (χ0) is 19.3. The molecule has 0 radical (unpaired) electrons. The Morgan fingerprint density at radius 1 is 1.35 bits per heavy atom. The molecule has 0 aliphatic carbocycles. The van der Waals surface area contributed by atoms with Gasteiger partial charge in [0.25, 0.3) is 0 Å². The van der Waals surface area contributed by atoms with Crippen molar-refractivity contribution in [3.8, 4) is 0 Å². The number of carbonyl (C=O) groups excluding carboxylic acids is 1. The molecule has 0 unspecified atom stereocenters. The highest BCUT2D eigenvalue weighted by molar-refractivity contribution is 7.92. The molecule has 7 nitrogen and oxygen atoms in total. The van der Waals surface area contributed by atoms with Crippen molar-refractivity contribution in [1.29, 1.82) is 0 Å². The Morgan fingerprint density at radius 2 is 2.04 bits per heavy atom. The van der Waals surface area contributed by atoms with Gasteiger partial charge < -0.3 is 4.90 Å². The lowest BCUT2D eigenvalue weighted by Crippen LogP contribution is -2.40. The van der Waals surface area contributed by atoms with E-state index in [-0.39, 0.29) is 34.9 Å². The van der Waals surface area contributed by atoms with Crippen LogP contribution < -0.4 is 4.90 Å². The fourth-order valence-corrected chi connectivity index (χ4v) is 7.55. The predicted octanol–water partition coefficient (Wildman–Crippen LogP) is 1.18. The summed E-state index contributed by atoms with van der Waals surface area (Å²) in [6.45, 7) is 5.36. The zero-order valence-corrected chi connectivity index (χ0v) is 16.8. The highest BCUT2D eigenvalue weighted by Gasteiger charge is 2.38. The van der Waals surface area contributed by atoms with E-state index in [4.69, 9.17) is 0 Å². The number of fused-ring (bicyclic) bond motifs is 1. The van der Waals surface area contributed by atoms with Crippen LogP contribution in [0.15, 0.2) is 23.1 Å². The molecule has 26 heavy (non-hydrogen) atoms. The second-order valence-electron chi connectivity index (χ2n) is 7.00. The van der Waals surface area contributed by atoms with Crippen molar-refractivity contribution in [3.05, 3.63) is 23.8 Å². The Morgan fingerprint density at radius 3 is 2.58 bits per heavy atom.